The van der Waals surface area contributed by atoms with Crippen LogP contribution in [0, 0.1) is 19.1 Å². The van der Waals surface area contributed by atoms with Gasteiger partial charge in [-0.2, -0.15) is 11.3 Å². The first-order valence-corrected chi connectivity index (χ1v) is 19.8. The van der Waals surface area contributed by atoms with Crippen LogP contribution >= 0.6 is 11.3 Å². The fraction of sp³-hybridized carbons (Fsp3) is 0.171. The second-order valence-corrected chi connectivity index (χ2v) is 18.9. The van der Waals surface area contributed by atoms with E-state index in [2.05, 4.69) is 142 Å². The van der Waals surface area contributed by atoms with Crippen molar-refractivity contribution in [3.63, 3.8) is 0 Å². The molecule has 0 aliphatic rings. The van der Waals surface area contributed by atoms with Gasteiger partial charge in [0.1, 0.15) is 0 Å². The van der Waals surface area contributed by atoms with Crippen molar-refractivity contribution in [1.29, 1.82) is 0 Å². The molecule has 0 atom stereocenters. The smallest absolute Gasteiger partial charge is 0.0799 e. The second-order valence-electron chi connectivity index (χ2n) is 12.8. The predicted molar refractivity (Wildman–Crippen MR) is 197 cm³/mol. The van der Waals surface area contributed by atoms with Gasteiger partial charge in [-0.1, -0.05) is 105 Å². The third kappa shape index (κ3) is 7.29. The number of aryl methyl sites for hydroxylation is 1. The maximum absolute atomic E-state index is 4.66. The van der Waals surface area contributed by atoms with Gasteiger partial charge in [0, 0.05) is 37.2 Å². The zero-order chi connectivity index (χ0) is 31.6. The normalized spacial score (nSPS) is 11.3. The summed E-state index contributed by atoms with van der Waals surface area (Å²) in [7, 11) is -1.34. The van der Waals surface area contributed by atoms with Crippen LogP contribution in [0.3, 0.4) is 0 Å². The quantitative estimate of drug-likeness (QED) is 0.128. The van der Waals surface area contributed by atoms with Gasteiger partial charge in [0.05, 0.1) is 8.07 Å². The number of hydrogen-bond acceptors (Lipinski definition) is 3. The molecule has 5 heteroatoms. The van der Waals surface area contributed by atoms with E-state index in [0.29, 0.717) is 5.92 Å². The molecule has 233 valence electrons. The van der Waals surface area contributed by atoms with Crippen molar-refractivity contribution >= 4 is 44.8 Å². The molecule has 3 aromatic heterocycles. The minimum Gasteiger partial charge on any atom is -0.305 e. The van der Waals surface area contributed by atoms with Crippen LogP contribution in [0.1, 0.15) is 30.9 Å². The van der Waals surface area contributed by atoms with Crippen molar-refractivity contribution in [2.24, 2.45) is 0 Å². The number of benzene rings is 4. The number of thiophene rings is 1. The van der Waals surface area contributed by atoms with E-state index < -0.39 is 8.07 Å². The molecule has 1 radical (unpaired) electrons. The Hall–Kier alpha value is -3.73. The molecule has 3 heterocycles. The molecule has 2 nitrogen and oxygen atoms in total. The Kier molecular flexibility index (Phi) is 10.5. The van der Waals surface area contributed by atoms with Crippen molar-refractivity contribution < 1.29 is 20.1 Å². The molecule has 0 aliphatic carbocycles. The minimum absolute atomic E-state index is 0. The fourth-order valence-corrected chi connectivity index (χ4v) is 8.62. The van der Waals surface area contributed by atoms with Crippen molar-refractivity contribution in [2.45, 2.75) is 46.3 Å². The van der Waals surface area contributed by atoms with Gasteiger partial charge in [-0.15, -0.1) is 59.7 Å². The summed E-state index contributed by atoms with van der Waals surface area (Å²) in [5, 5.41) is 4.05. The van der Waals surface area contributed by atoms with Gasteiger partial charge in [0.25, 0.3) is 0 Å². The van der Waals surface area contributed by atoms with Crippen LogP contribution in [0.4, 0.5) is 0 Å². The summed E-state index contributed by atoms with van der Waals surface area (Å²) in [6.07, 6.45) is 3.97. The third-order valence-corrected chi connectivity index (χ3v) is 11.3. The summed E-state index contributed by atoms with van der Waals surface area (Å²) in [6, 6.07) is 42.6. The summed E-state index contributed by atoms with van der Waals surface area (Å²) in [5.74, 6) is 0.534. The van der Waals surface area contributed by atoms with Crippen LogP contribution in [0.5, 0.6) is 0 Å². The summed E-state index contributed by atoms with van der Waals surface area (Å²) >= 11 is 1.83. The zero-order valence-electron chi connectivity index (χ0n) is 27.2. The first-order chi connectivity index (χ1) is 21.7. The van der Waals surface area contributed by atoms with Gasteiger partial charge in [0.15, 0.2) is 0 Å². The largest absolute Gasteiger partial charge is 0.305 e. The monoisotopic (exact) mass is 811 g/mol. The molecule has 0 saturated heterocycles. The number of pyridine rings is 2. The number of aromatic nitrogens is 2. The number of rotatable bonds is 5. The van der Waals surface area contributed by atoms with Crippen molar-refractivity contribution in [3.8, 4) is 33.6 Å². The molecule has 0 saturated carbocycles. The van der Waals surface area contributed by atoms with E-state index in [1.807, 2.05) is 47.9 Å². The van der Waals surface area contributed by atoms with E-state index in [1.165, 1.54) is 47.6 Å². The summed E-state index contributed by atoms with van der Waals surface area (Å²) in [6.45, 7) is 13.8. The van der Waals surface area contributed by atoms with Crippen molar-refractivity contribution in [2.75, 3.05) is 0 Å². The van der Waals surface area contributed by atoms with Gasteiger partial charge < -0.3 is 9.97 Å². The van der Waals surface area contributed by atoms with E-state index in [9.17, 15) is 0 Å². The molecule has 0 spiro atoms. The molecule has 0 bridgehead atoms. The number of nitrogens with zero attached hydrogens (tertiary/aromatic N) is 2. The van der Waals surface area contributed by atoms with Gasteiger partial charge in [-0.05, 0) is 62.8 Å². The first kappa shape index (κ1) is 33.6. The molecule has 0 N–H and O–H groups in total. The minimum atomic E-state index is -1.34. The van der Waals surface area contributed by atoms with Crippen LogP contribution in [-0.4, -0.2) is 18.0 Å². The Morgan fingerprint density at radius 3 is 2.20 bits per heavy atom. The predicted octanol–water partition coefficient (Wildman–Crippen LogP) is 11.1. The molecule has 7 aromatic rings. The topological polar surface area (TPSA) is 25.8 Å². The molecule has 0 fully saturated rings. The summed E-state index contributed by atoms with van der Waals surface area (Å²) in [5.41, 5.74) is 9.36. The SMILES string of the molecule is CC(C)c1cc(-c2[c-]cccc2)ncc1[Si](C)(C)C.Cc1ccnc(-c2[c-]ccc3c2sc2cc(-c4ccccc4)ccc23)c1.[Ir]. The molecule has 0 aliphatic heterocycles. The van der Waals surface area contributed by atoms with Crippen LogP contribution < -0.4 is 5.19 Å². The average Bonchev–Trinajstić information content (AvgIpc) is 3.43. The zero-order valence-corrected chi connectivity index (χ0v) is 31.4. The van der Waals surface area contributed by atoms with Crippen LogP contribution in [0.2, 0.25) is 19.6 Å². The second kappa shape index (κ2) is 14.4. The molecule has 46 heavy (non-hydrogen) atoms. The molecule has 0 unspecified atom stereocenters. The Balaban J connectivity index is 0.000000187. The van der Waals surface area contributed by atoms with E-state index >= 15 is 0 Å². The maximum atomic E-state index is 4.66. The van der Waals surface area contributed by atoms with E-state index in [-0.39, 0.29) is 20.1 Å². The van der Waals surface area contributed by atoms with Gasteiger partial charge >= 0.3 is 0 Å². The van der Waals surface area contributed by atoms with Gasteiger partial charge in [0.2, 0.25) is 0 Å². The fourth-order valence-electron chi connectivity index (χ4n) is 5.69. The van der Waals surface area contributed by atoms with E-state index in [4.69, 9.17) is 0 Å². The summed E-state index contributed by atoms with van der Waals surface area (Å²) < 4.78 is 2.56. The molecule has 0 amide bonds. The van der Waals surface area contributed by atoms with Crippen molar-refractivity contribution in [1.82, 2.24) is 9.97 Å². The number of hydrogen-bond donors (Lipinski definition) is 0. The van der Waals surface area contributed by atoms with Crippen molar-refractivity contribution in [3.05, 3.63) is 139 Å². The van der Waals surface area contributed by atoms with Crippen LogP contribution in [0.15, 0.2) is 116 Å². The standard InChI is InChI=1S/C24H16NS.C17H22NSi.Ir/c1-16-12-13-25-22(14-16)21-9-5-8-20-19-11-10-18(15-23(19)26-24(20)21)17-6-3-2-4-7-17;1-13(2)15-11-16(14-9-7-6-8-10-14)18-12-17(15)19(3,4)5;/h2-8,10-15H,1H3;6-9,11-13H,1-5H3;/q2*-1;. The third-order valence-electron chi connectivity index (χ3n) is 8.06. The Morgan fingerprint density at radius 2 is 1.50 bits per heavy atom. The first-order valence-electron chi connectivity index (χ1n) is 15.5. The molecule has 7 rings (SSSR count). The Bertz CT molecular complexity index is 2080. The van der Waals surface area contributed by atoms with E-state index in [0.717, 1.165) is 22.5 Å². The molecular weight excluding hydrogens is 773 g/mol. The van der Waals surface area contributed by atoms with E-state index in [1.54, 1.807) is 0 Å². The summed E-state index contributed by atoms with van der Waals surface area (Å²) in [4.78, 5) is 9.23. The van der Waals surface area contributed by atoms with Crippen LogP contribution in [0.25, 0.3) is 53.8 Å². The Morgan fingerprint density at radius 1 is 0.717 bits per heavy atom. The Labute approximate surface area is 292 Å². The molecular formula is C41H38IrN2SSi-2. The average molecular weight is 811 g/mol. The van der Waals surface area contributed by atoms with Gasteiger partial charge in [-0.3, -0.25) is 0 Å². The van der Waals surface area contributed by atoms with Gasteiger partial charge in [-0.25, -0.2) is 0 Å². The maximum Gasteiger partial charge on any atom is 0.0799 e. The molecule has 4 aromatic carbocycles. The number of fused-ring (bicyclic) bond motifs is 3. The van der Waals surface area contributed by atoms with Crippen LogP contribution in [-0.2, 0) is 20.1 Å².